The van der Waals surface area contributed by atoms with Crippen LogP contribution in [0.3, 0.4) is 0 Å². The maximum Gasteiger partial charge on any atom is 0.335 e. The van der Waals surface area contributed by atoms with Crippen LogP contribution in [0.25, 0.3) is 0 Å². The number of carbonyl (C=O) groups is 2. The zero-order valence-electron chi connectivity index (χ0n) is 16.1. The van der Waals surface area contributed by atoms with Crippen molar-refractivity contribution in [2.45, 2.75) is 38.5 Å². The number of hydrogen-bond acceptors (Lipinski definition) is 2. The van der Waals surface area contributed by atoms with Gasteiger partial charge in [-0.1, -0.05) is 37.3 Å². The van der Waals surface area contributed by atoms with E-state index in [2.05, 4.69) is 0 Å². The van der Waals surface area contributed by atoms with Crippen LogP contribution in [0.1, 0.15) is 53.6 Å². The molecule has 1 atom stereocenters. The van der Waals surface area contributed by atoms with Gasteiger partial charge in [0.1, 0.15) is 5.82 Å². The van der Waals surface area contributed by atoms with E-state index >= 15 is 0 Å². The van der Waals surface area contributed by atoms with Gasteiger partial charge >= 0.3 is 5.97 Å². The minimum absolute atomic E-state index is 0.0493. The van der Waals surface area contributed by atoms with E-state index in [1.54, 1.807) is 24.3 Å². The lowest BCUT2D eigenvalue weighted by molar-refractivity contribution is -0.132. The first-order chi connectivity index (χ1) is 13.4. The van der Waals surface area contributed by atoms with Gasteiger partial charge in [-0.25, -0.2) is 9.18 Å². The van der Waals surface area contributed by atoms with Crippen LogP contribution in [0.4, 0.5) is 4.39 Å². The second kappa shape index (κ2) is 9.00. The smallest absolute Gasteiger partial charge is 0.335 e. The van der Waals surface area contributed by atoms with E-state index in [0.717, 1.165) is 30.4 Å². The molecule has 2 aromatic carbocycles. The molecule has 5 heteroatoms. The predicted octanol–water partition coefficient (Wildman–Crippen LogP) is 4.50. The van der Waals surface area contributed by atoms with Crippen molar-refractivity contribution in [3.8, 4) is 0 Å². The molecule has 0 bridgehead atoms. The molecular weight excluding hydrogens is 357 g/mol. The zero-order chi connectivity index (χ0) is 20.1. The molecule has 0 spiro atoms. The average molecular weight is 383 g/mol. The van der Waals surface area contributed by atoms with Crippen LogP contribution in [-0.4, -0.2) is 35.0 Å². The fraction of sp³-hybridized carbons (Fsp3) is 0.391. The second-order valence-corrected chi connectivity index (χ2v) is 7.65. The number of likely N-dealkylation sites (tertiary alicyclic amines) is 1. The largest absolute Gasteiger partial charge is 0.478 e. The van der Waals surface area contributed by atoms with Crippen molar-refractivity contribution >= 4 is 11.9 Å². The Bertz CT molecular complexity index is 826. The first-order valence-electron chi connectivity index (χ1n) is 9.78. The molecule has 1 heterocycles. The van der Waals surface area contributed by atoms with Crippen molar-refractivity contribution < 1.29 is 19.1 Å². The molecule has 4 nitrogen and oxygen atoms in total. The Morgan fingerprint density at radius 2 is 1.75 bits per heavy atom. The molecule has 1 fully saturated rings. The van der Waals surface area contributed by atoms with Gasteiger partial charge in [0.2, 0.25) is 5.91 Å². The minimum atomic E-state index is -0.891. The highest BCUT2D eigenvalue weighted by atomic mass is 19.1. The number of amides is 1. The van der Waals surface area contributed by atoms with Gasteiger partial charge in [-0.15, -0.1) is 0 Å². The zero-order valence-corrected chi connectivity index (χ0v) is 16.1. The van der Waals surface area contributed by atoms with Crippen molar-refractivity contribution in [1.29, 1.82) is 0 Å². The lowest BCUT2D eigenvalue weighted by Crippen LogP contribution is -2.39. The summed E-state index contributed by atoms with van der Waals surface area (Å²) in [6, 6.07) is 13.5. The average Bonchev–Trinajstić information content (AvgIpc) is 2.69. The Kier molecular flexibility index (Phi) is 6.45. The van der Waals surface area contributed by atoms with E-state index in [-0.39, 0.29) is 17.6 Å². The molecule has 1 amide bonds. The monoisotopic (exact) mass is 383 g/mol. The van der Waals surface area contributed by atoms with Gasteiger partial charge in [-0.2, -0.15) is 0 Å². The van der Waals surface area contributed by atoms with Crippen molar-refractivity contribution in [3.63, 3.8) is 0 Å². The third-order valence-electron chi connectivity index (χ3n) is 5.64. The number of nitrogens with zero attached hydrogens (tertiary/aromatic N) is 1. The van der Waals surface area contributed by atoms with E-state index < -0.39 is 5.97 Å². The molecular formula is C23H26FNO3. The number of benzene rings is 2. The van der Waals surface area contributed by atoms with Crippen molar-refractivity contribution in [1.82, 2.24) is 4.90 Å². The fourth-order valence-electron chi connectivity index (χ4n) is 3.90. The Labute approximate surface area is 165 Å². The molecule has 1 N–H and O–H groups in total. The number of piperidine rings is 1. The van der Waals surface area contributed by atoms with Crippen molar-refractivity contribution in [2.75, 3.05) is 13.1 Å². The van der Waals surface area contributed by atoms with Gasteiger partial charge in [-0.05, 0) is 60.4 Å². The normalized spacial score (nSPS) is 16.0. The van der Waals surface area contributed by atoms with Gasteiger partial charge in [0.05, 0.1) is 5.56 Å². The summed E-state index contributed by atoms with van der Waals surface area (Å²) in [5, 5.41) is 9.33. The summed E-state index contributed by atoms with van der Waals surface area (Å²) >= 11 is 0. The highest BCUT2D eigenvalue weighted by Gasteiger charge is 2.25. The van der Waals surface area contributed by atoms with E-state index in [1.807, 2.05) is 24.0 Å². The first kappa shape index (κ1) is 20.1. The van der Waals surface area contributed by atoms with E-state index in [4.69, 9.17) is 0 Å². The summed E-state index contributed by atoms with van der Waals surface area (Å²) in [6.45, 7) is 3.39. The van der Waals surface area contributed by atoms with E-state index in [9.17, 15) is 19.1 Å². The maximum atomic E-state index is 13.1. The summed E-state index contributed by atoms with van der Waals surface area (Å²) in [5.74, 6) is -0.597. The standard InChI is InChI=1S/C23H26FNO3/c1-16(18-6-8-20(24)9-7-18)14-22(26)25-12-10-17(11-13-25)15-19-4-2-3-5-21(19)23(27)28/h2-9,16-17H,10-15H2,1H3,(H,27,28). The molecule has 1 aliphatic heterocycles. The van der Waals surface area contributed by atoms with Gasteiger partial charge in [-0.3, -0.25) is 4.79 Å². The van der Waals surface area contributed by atoms with Crippen LogP contribution < -0.4 is 0 Å². The van der Waals surface area contributed by atoms with Crippen LogP contribution in [-0.2, 0) is 11.2 Å². The van der Waals surface area contributed by atoms with E-state index in [1.165, 1.54) is 12.1 Å². The van der Waals surface area contributed by atoms with Crippen LogP contribution in [0.5, 0.6) is 0 Å². The molecule has 1 aliphatic rings. The molecule has 3 rings (SSSR count). The van der Waals surface area contributed by atoms with Gasteiger partial charge in [0.15, 0.2) is 0 Å². The topological polar surface area (TPSA) is 57.6 Å². The lowest BCUT2D eigenvalue weighted by atomic mass is 9.88. The molecule has 0 aliphatic carbocycles. The number of carbonyl (C=O) groups excluding carboxylic acids is 1. The molecule has 28 heavy (non-hydrogen) atoms. The third-order valence-corrected chi connectivity index (χ3v) is 5.64. The highest BCUT2D eigenvalue weighted by Crippen LogP contribution is 2.26. The molecule has 1 saturated heterocycles. The Morgan fingerprint density at radius 3 is 2.39 bits per heavy atom. The molecule has 2 aromatic rings. The summed E-state index contributed by atoms with van der Waals surface area (Å²) in [5.41, 5.74) is 2.20. The summed E-state index contributed by atoms with van der Waals surface area (Å²) in [4.78, 5) is 25.9. The van der Waals surface area contributed by atoms with Crippen LogP contribution in [0, 0.1) is 11.7 Å². The van der Waals surface area contributed by atoms with Gasteiger partial charge in [0.25, 0.3) is 0 Å². The summed E-state index contributed by atoms with van der Waals surface area (Å²) in [7, 11) is 0. The molecule has 0 saturated carbocycles. The maximum absolute atomic E-state index is 13.1. The predicted molar refractivity (Wildman–Crippen MR) is 106 cm³/mol. The third kappa shape index (κ3) is 4.97. The number of carboxylic acids is 1. The number of halogens is 1. The Morgan fingerprint density at radius 1 is 1.11 bits per heavy atom. The van der Waals surface area contributed by atoms with Gasteiger partial charge < -0.3 is 10.0 Å². The number of aromatic carboxylic acids is 1. The highest BCUT2D eigenvalue weighted by molar-refractivity contribution is 5.89. The van der Waals surface area contributed by atoms with Crippen LogP contribution in [0.2, 0.25) is 0 Å². The molecule has 1 unspecified atom stereocenters. The molecule has 148 valence electrons. The Hall–Kier alpha value is -2.69. The fourth-order valence-corrected chi connectivity index (χ4v) is 3.90. The SMILES string of the molecule is CC(CC(=O)N1CCC(Cc2ccccc2C(=O)O)CC1)c1ccc(F)cc1. The van der Waals surface area contributed by atoms with Gasteiger partial charge in [0, 0.05) is 19.5 Å². The van der Waals surface area contributed by atoms with Crippen molar-refractivity contribution in [2.24, 2.45) is 5.92 Å². The van der Waals surface area contributed by atoms with Crippen molar-refractivity contribution in [3.05, 3.63) is 71.0 Å². The number of hydrogen-bond donors (Lipinski definition) is 1. The second-order valence-electron chi connectivity index (χ2n) is 7.65. The minimum Gasteiger partial charge on any atom is -0.478 e. The summed E-state index contributed by atoms with van der Waals surface area (Å²) in [6.07, 6.45) is 2.91. The van der Waals surface area contributed by atoms with E-state index in [0.29, 0.717) is 31.0 Å². The van der Waals surface area contributed by atoms with Crippen LogP contribution in [0.15, 0.2) is 48.5 Å². The lowest BCUT2D eigenvalue weighted by Gasteiger charge is -2.33. The molecule has 0 aromatic heterocycles. The first-order valence-corrected chi connectivity index (χ1v) is 9.78. The quantitative estimate of drug-likeness (QED) is 0.799. The van der Waals surface area contributed by atoms with Crippen LogP contribution >= 0.6 is 0 Å². The summed E-state index contributed by atoms with van der Waals surface area (Å²) < 4.78 is 13.1. The number of rotatable bonds is 6. The molecule has 0 radical (unpaired) electrons. The number of carboxylic acid groups (broad SMARTS) is 1. The Balaban J connectivity index is 1.51.